The van der Waals surface area contributed by atoms with Crippen molar-refractivity contribution < 1.29 is 4.79 Å². The highest BCUT2D eigenvalue weighted by molar-refractivity contribution is 5.81. The van der Waals surface area contributed by atoms with E-state index >= 15 is 0 Å². The second-order valence-electron chi connectivity index (χ2n) is 5.88. The van der Waals surface area contributed by atoms with E-state index in [4.69, 9.17) is 5.26 Å². The quantitative estimate of drug-likeness (QED) is 0.827. The van der Waals surface area contributed by atoms with E-state index in [1.54, 1.807) is 23.4 Å². The van der Waals surface area contributed by atoms with Gasteiger partial charge in [-0.3, -0.25) is 4.79 Å². The summed E-state index contributed by atoms with van der Waals surface area (Å²) in [5, 5.41) is 13.0. The van der Waals surface area contributed by atoms with Gasteiger partial charge in [0.2, 0.25) is 5.91 Å². The van der Waals surface area contributed by atoms with Crippen LogP contribution in [0.3, 0.4) is 0 Å². The zero-order chi connectivity index (χ0) is 16.9. The van der Waals surface area contributed by atoms with E-state index in [-0.39, 0.29) is 18.5 Å². The monoisotopic (exact) mass is 325 g/mol. The fourth-order valence-electron chi connectivity index (χ4n) is 2.87. The van der Waals surface area contributed by atoms with Crippen LogP contribution in [0.4, 0.5) is 5.82 Å². The fraction of sp³-hybridized carbons (Fsp3) is 0.438. The number of hydrogen-bond acceptors (Lipinski definition) is 6. The Hall–Kier alpha value is -2.95. The maximum atomic E-state index is 12.6. The van der Waals surface area contributed by atoms with Crippen molar-refractivity contribution in [1.29, 1.82) is 5.26 Å². The van der Waals surface area contributed by atoms with Crippen molar-refractivity contribution in [3.63, 3.8) is 0 Å². The number of likely N-dealkylation sites (tertiary alicyclic amines) is 1. The molecule has 1 fully saturated rings. The van der Waals surface area contributed by atoms with Crippen molar-refractivity contribution in [1.82, 2.24) is 24.6 Å². The van der Waals surface area contributed by atoms with Gasteiger partial charge in [-0.2, -0.15) is 10.4 Å². The number of nitriles is 1. The highest BCUT2D eigenvalue weighted by atomic mass is 16.2. The molecule has 2 aromatic heterocycles. The number of likely N-dealkylation sites (N-methyl/N-ethyl adjacent to an activating group) is 1. The van der Waals surface area contributed by atoms with Gasteiger partial charge >= 0.3 is 0 Å². The lowest BCUT2D eigenvalue weighted by molar-refractivity contribution is -0.131. The molecule has 2 aromatic rings. The Morgan fingerprint density at radius 2 is 2.38 bits per heavy atom. The summed E-state index contributed by atoms with van der Waals surface area (Å²) >= 11 is 0. The smallest absolute Gasteiger partial charge is 0.242 e. The summed E-state index contributed by atoms with van der Waals surface area (Å²) in [6.45, 7) is 1.67. The number of piperidine rings is 1. The van der Waals surface area contributed by atoms with E-state index in [2.05, 4.69) is 15.1 Å². The minimum Gasteiger partial charge on any atom is -0.350 e. The zero-order valence-electron chi connectivity index (χ0n) is 13.5. The van der Waals surface area contributed by atoms with Gasteiger partial charge in [0.05, 0.1) is 18.2 Å². The van der Waals surface area contributed by atoms with Crippen LogP contribution in [0.2, 0.25) is 0 Å². The number of aromatic nitrogens is 4. The van der Waals surface area contributed by atoms with Crippen LogP contribution < -0.4 is 4.90 Å². The van der Waals surface area contributed by atoms with Crippen molar-refractivity contribution in [2.75, 3.05) is 31.6 Å². The third-order valence-electron chi connectivity index (χ3n) is 4.20. The van der Waals surface area contributed by atoms with Gasteiger partial charge in [-0.15, -0.1) is 0 Å². The topological polar surface area (TPSA) is 90.9 Å². The minimum absolute atomic E-state index is 0.0634. The molecule has 0 aliphatic carbocycles. The molecule has 0 bridgehead atoms. The van der Waals surface area contributed by atoms with Crippen molar-refractivity contribution in [3.05, 3.63) is 36.5 Å². The van der Waals surface area contributed by atoms with Crippen molar-refractivity contribution in [2.45, 2.75) is 18.9 Å². The molecule has 1 amide bonds. The molecule has 0 radical (unpaired) electrons. The maximum Gasteiger partial charge on any atom is 0.242 e. The molecule has 124 valence electrons. The summed E-state index contributed by atoms with van der Waals surface area (Å²) in [7, 11) is 1.82. The first-order valence-corrected chi connectivity index (χ1v) is 7.86. The number of rotatable bonds is 4. The number of amides is 1. The molecule has 8 nitrogen and oxygen atoms in total. The number of hydrogen-bond donors (Lipinski definition) is 0. The summed E-state index contributed by atoms with van der Waals surface area (Å²) in [5.41, 5.74) is 0.505. The van der Waals surface area contributed by atoms with Crippen LogP contribution in [0.15, 0.2) is 31.0 Å². The predicted molar refractivity (Wildman–Crippen MR) is 87.1 cm³/mol. The van der Waals surface area contributed by atoms with E-state index in [0.29, 0.717) is 17.9 Å². The van der Waals surface area contributed by atoms with E-state index in [1.807, 2.05) is 22.7 Å². The first-order chi connectivity index (χ1) is 11.7. The Balaban J connectivity index is 1.60. The minimum atomic E-state index is 0.0634. The second kappa shape index (κ2) is 7.08. The predicted octanol–water partition coefficient (Wildman–Crippen LogP) is 0.845. The second-order valence-corrected chi connectivity index (χ2v) is 5.88. The van der Waals surface area contributed by atoms with Crippen LogP contribution in [0, 0.1) is 11.3 Å². The van der Waals surface area contributed by atoms with E-state index in [0.717, 1.165) is 19.4 Å². The van der Waals surface area contributed by atoms with E-state index in [9.17, 15) is 4.79 Å². The van der Waals surface area contributed by atoms with Gasteiger partial charge in [-0.1, -0.05) is 0 Å². The van der Waals surface area contributed by atoms with Crippen LogP contribution >= 0.6 is 0 Å². The summed E-state index contributed by atoms with van der Waals surface area (Å²) in [5.74, 6) is 0.737. The molecule has 1 aliphatic heterocycles. The molecule has 24 heavy (non-hydrogen) atoms. The maximum absolute atomic E-state index is 12.6. The molecule has 1 atom stereocenters. The molecular formula is C16H19N7O. The molecule has 0 unspecified atom stereocenters. The molecule has 0 spiro atoms. The summed E-state index contributed by atoms with van der Waals surface area (Å²) < 4.78 is 1.82. The lowest BCUT2D eigenvalue weighted by Gasteiger charge is -2.33. The molecule has 0 aromatic carbocycles. The number of anilines is 1. The van der Waals surface area contributed by atoms with Gasteiger partial charge in [0.1, 0.15) is 24.5 Å². The Kier molecular flexibility index (Phi) is 4.70. The average molecular weight is 325 g/mol. The normalized spacial score (nSPS) is 17.3. The first-order valence-electron chi connectivity index (χ1n) is 7.86. The summed E-state index contributed by atoms with van der Waals surface area (Å²) in [6.07, 6.45) is 6.68. The van der Waals surface area contributed by atoms with Gasteiger partial charge in [0.25, 0.3) is 0 Å². The van der Waals surface area contributed by atoms with Crippen molar-refractivity contribution in [2.24, 2.45) is 0 Å². The van der Waals surface area contributed by atoms with Crippen LogP contribution in [0.5, 0.6) is 0 Å². The Bertz CT molecular complexity index is 720. The van der Waals surface area contributed by atoms with Gasteiger partial charge in [-0.25, -0.2) is 14.6 Å². The third kappa shape index (κ3) is 3.51. The largest absolute Gasteiger partial charge is 0.350 e. The first kappa shape index (κ1) is 15.9. The molecule has 3 heterocycles. The molecule has 1 aliphatic rings. The highest BCUT2D eigenvalue weighted by Crippen LogP contribution is 2.20. The Labute approximate surface area is 140 Å². The van der Waals surface area contributed by atoms with Crippen LogP contribution in [0.1, 0.15) is 24.4 Å². The van der Waals surface area contributed by atoms with Crippen molar-refractivity contribution >= 4 is 11.7 Å². The standard InChI is InChI=1S/C16H19N7O/c1-21(15-5-4-13(7-17)8-19-15)10-16(24)22-6-2-3-14(9-22)23-12-18-11-20-23/h4-5,8,11-12,14H,2-3,6,9-10H2,1H3/t14-/m1/s1. The number of carbonyl (C=O) groups is 1. The molecular weight excluding hydrogens is 306 g/mol. The Morgan fingerprint density at radius 3 is 3.04 bits per heavy atom. The lowest BCUT2D eigenvalue weighted by atomic mass is 10.1. The van der Waals surface area contributed by atoms with E-state index in [1.165, 1.54) is 12.5 Å². The highest BCUT2D eigenvalue weighted by Gasteiger charge is 2.25. The number of pyridine rings is 1. The molecule has 0 saturated carbocycles. The number of carbonyl (C=O) groups excluding carboxylic acids is 1. The van der Waals surface area contributed by atoms with Gasteiger partial charge in [0.15, 0.2) is 0 Å². The summed E-state index contributed by atoms with van der Waals surface area (Å²) in [4.78, 5) is 24.4. The lowest BCUT2D eigenvalue weighted by Crippen LogP contribution is -2.45. The summed E-state index contributed by atoms with van der Waals surface area (Å²) in [6, 6.07) is 5.67. The average Bonchev–Trinajstić information content (AvgIpc) is 3.16. The van der Waals surface area contributed by atoms with Gasteiger partial charge in [0, 0.05) is 26.3 Å². The van der Waals surface area contributed by atoms with Crippen LogP contribution in [-0.2, 0) is 4.79 Å². The molecule has 0 N–H and O–H groups in total. The van der Waals surface area contributed by atoms with Crippen LogP contribution in [0.25, 0.3) is 0 Å². The molecule has 8 heteroatoms. The fourth-order valence-corrected chi connectivity index (χ4v) is 2.87. The Morgan fingerprint density at radius 1 is 1.50 bits per heavy atom. The SMILES string of the molecule is CN(CC(=O)N1CCC[C@@H](n2cncn2)C1)c1ccc(C#N)cn1. The molecule has 3 rings (SSSR count). The number of nitrogens with zero attached hydrogens (tertiary/aromatic N) is 7. The zero-order valence-corrected chi connectivity index (χ0v) is 13.5. The van der Waals surface area contributed by atoms with E-state index < -0.39 is 0 Å². The van der Waals surface area contributed by atoms with Gasteiger partial charge in [-0.05, 0) is 25.0 Å². The third-order valence-corrected chi connectivity index (χ3v) is 4.20. The van der Waals surface area contributed by atoms with Gasteiger partial charge < -0.3 is 9.80 Å². The van der Waals surface area contributed by atoms with Crippen molar-refractivity contribution in [3.8, 4) is 6.07 Å². The molecule has 1 saturated heterocycles. The van der Waals surface area contributed by atoms with Crippen LogP contribution in [-0.4, -0.2) is 57.2 Å².